The van der Waals surface area contributed by atoms with E-state index in [2.05, 4.69) is 4.98 Å². The number of benzene rings is 1. The average Bonchev–Trinajstić information content (AvgIpc) is 2.75. The van der Waals surface area contributed by atoms with Crippen molar-refractivity contribution < 1.29 is 9.18 Å². The van der Waals surface area contributed by atoms with Crippen molar-refractivity contribution in [1.29, 1.82) is 0 Å². The maximum absolute atomic E-state index is 13.1. The zero-order chi connectivity index (χ0) is 10.8. The molecule has 0 saturated heterocycles. The second kappa shape index (κ2) is 3.82. The van der Waals surface area contributed by atoms with Gasteiger partial charge in [-0.25, -0.2) is 9.37 Å². The second-order valence-electron chi connectivity index (χ2n) is 2.88. The van der Waals surface area contributed by atoms with Crippen molar-refractivity contribution in [2.24, 2.45) is 0 Å². The summed E-state index contributed by atoms with van der Waals surface area (Å²) in [5.74, 6) is -0.609. The standard InChI is InChI=1S/C10H6ClFN2O/c11-10-7(5-15)9(2-1-8(10)12)14-4-3-13-6-14/h1-6H. The summed E-state index contributed by atoms with van der Waals surface area (Å²) in [5, 5.41) is -0.170. The molecule has 3 nitrogen and oxygen atoms in total. The molecular weight excluding hydrogens is 219 g/mol. The molecule has 2 rings (SSSR count). The summed E-state index contributed by atoms with van der Waals surface area (Å²) in [6.07, 6.45) is 5.25. The minimum absolute atomic E-state index is 0.120. The van der Waals surface area contributed by atoms with E-state index in [1.807, 2.05) is 0 Å². The van der Waals surface area contributed by atoms with Crippen molar-refractivity contribution in [2.45, 2.75) is 0 Å². The molecule has 1 aromatic carbocycles. The van der Waals surface area contributed by atoms with Gasteiger partial charge in [0.05, 0.1) is 22.6 Å². The minimum Gasteiger partial charge on any atom is -0.306 e. The Balaban J connectivity index is 2.68. The summed E-state index contributed by atoms with van der Waals surface area (Å²) in [7, 11) is 0. The van der Waals surface area contributed by atoms with Gasteiger partial charge in [0.15, 0.2) is 6.29 Å². The number of halogens is 2. The molecule has 0 amide bonds. The molecular formula is C10H6ClFN2O. The lowest BCUT2D eigenvalue weighted by atomic mass is 10.2. The zero-order valence-electron chi connectivity index (χ0n) is 7.52. The molecule has 0 aliphatic heterocycles. The van der Waals surface area contributed by atoms with Crippen LogP contribution in [0.15, 0.2) is 30.9 Å². The normalized spacial score (nSPS) is 10.3. The molecule has 0 fully saturated rings. The molecule has 15 heavy (non-hydrogen) atoms. The number of carbonyl (C=O) groups excluding carboxylic acids is 1. The van der Waals surface area contributed by atoms with Crippen molar-refractivity contribution in [3.8, 4) is 5.69 Å². The van der Waals surface area contributed by atoms with Gasteiger partial charge in [-0.15, -0.1) is 0 Å². The Kier molecular flexibility index (Phi) is 2.51. The number of rotatable bonds is 2. The fraction of sp³-hybridized carbons (Fsp3) is 0. The minimum atomic E-state index is -0.609. The highest BCUT2D eigenvalue weighted by atomic mass is 35.5. The maximum atomic E-state index is 13.1. The van der Waals surface area contributed by atoms with E-state index in [4.69, 9.17) is 11.6 Å². The molecule has 76 valence electrons. The second-order valence-corrected chi connectivity index (χ2v) is 3.26. The molecule has 0 aliphatic carbocycles. The van der Waals surface area contributed by atoms with E-state index >= 15 is 0 Å². The van der Waals surface area contributed by atoms with Gasteiger partial charge in [-0.05, 0) is 12.1 Å². The summed E-state index contributed by atoms with van der Waals surface area (Å²) < 4.78 is 14.7. The number of nitrogens with zero attached hydrogens (tertiary/aromatic N) is 2. The first-order chi connectivity index (χ1) is 7.24. The third kappa shape index (κ3) is 1.64. The quantitative estimate of drug-likeness (QED) is 0.735. The monoisotopic (exact) mass is 224 g/mol. The Morgan fingerprint density at radius 2 is 2.27 bits per heavy atom. The lowest BCUT2D eigenvalue weighted by Gasteiger charge is -2.07. The fourth-order valence-corrected chi connectivity index (χ4v) is 1.50. The molecule has 0 saturated carbocycles. The third-order valence-corrected chi connectivity index (χ3v) is 2.39. The van der Waals surface area contributed by atoms with Gasteiger partial charge in [0.2, 0.25) is 0 Å². The lowest BCUT2D eigenvalue weighted by molar-refractivity contribution is 0.112. The molecule has 0 spiro atoms. The van der Waals surface area contributed by atoms with Crippen molar-refractivity contribution in [2.75, 3.05) is 0 Å². The first-order valence-corrected chi connectivity index (χ1v) is 4.53. The predicted octanol–water partition coefficient (Wildman–Crippen LogP) is 2.48. The van der Waals surface area contributed by atoms with Crippen LogP contribution in [0.25, 0.3) is 5.69 Å². The lowest BCUT2D eigenvalue weighted by Crippen LogP contribution is -1.98. The van der Waals surface area contributed by atoms with Crippen LogP contribution >= 0.6 is 11.6 Å². The van der Waals surface area contributed by atoms with Crippen molar-refractivity contribution in [3.63, 3.8) is 0 Å². The molecule has 5 heteroatoms. The van der Waals surface area contributed by atoms with Crippen LogP contribution in [0.5, 0.6) is 0 Å². The van der Waals surface area contributed by atoms with Crippen LogP contribution in [0.1, 0.15) is 10.4 Å². The van der Waals surface area contributed by atoms with Gasteiger partial charge >= 0.3 is 0 Å². The van der Waals surface area contributed by atoms with E-state index in [1.54, 1.807) is 17.0 Å². The molecule has 1 heterocycles. The molecule has 0 aliphatic rings. The molecule has 0 radical (unpaired) electrons. The van der Waals surface area contributed by atoms with Gasteiger partial charge in [-0.1, -0.05) is 11.6 Å². The van der Waals surface area contributed by atoms with Crippen LogP contribution in [0.4, 0.5) is 4.39 Å². The number of imidazole rings is 1. The van der Waals surface area contributed by atoms with Gasteiger partial charge in [0.25, 0.3) is 0 Å². The van der Waals surface area contributed by atoms with E-state index in [9.17, 15) is 9.18 Å². The molecule has 1 aromatic heterocycles. The Bertz CT molecular complexity index is 496. The average molecular weight is 225 g/mol. The summed E-state index contributed by atoms with van der Waals surface area (Å²) >= 11 is 5.68. The van der Waals surface area contributed by atoms with Gasteiger partial charge < -0.3 is 4.57 Å². The number of aldehydes is 1. The third-order valence-electron chi connectivity index (χ3n) is 2.01. The topological polar surface area (TPSA) is 34.9 Å². The molecule has 2 aromatic rings. The van der Waals surface area contributed by atoms with Gasteiger partial charge in [-0.2, -0.15) is 0 Å². The first-order valence-electron chi connectivity index (χ1n) is 4.15. The van der Waals surface area contributed by atoms with Gasteiger partial charge in [0, 0.05) is 12.4 Å². The van der Waals surface area contributed by atoms with E-state index < -0.39 is 5.82 Å². The fourth-order valence-electron chi connectivity index (χ4n) is 1.30. The van der Waals surface area contributed by atoms with Crippen LogP contribution in [-0.2, 0) is 0 Å². The first kappa shape index (κ1) is 9.86. The van der Waals surface area contributed by atoms with Gasteiger partial charge in [-0.3, -0.25) is 4.79 Å². The Labute approximate surface area is 90.1 Å². The highest BCUT2D eigenvalue weighted by Gasteiger charge is 2.11. The van der Waals surface area contributed by atoms with Crippen LogP contribution in [0.3, 0.4) is 0 Å². The van der Waals surface area contributed by atoms with Crippen molar-refractivity contribution >= 4 is 17.9 Å². The van der Waals surface area contributed by atoms with Crippen LogP contribution < -0.4 is 0 Å². The SMILES string of the molecule is O=Cc1c(-n2ccnc2)ccc(F)c1Cl. The van der Waals surface area contributed by atoms with E-state index in [0.29, 0.717) is 12.0 Å². The predicted molar refractivity (Wildman–Crippen MR) is 53.9 cm³/mol. The number of carbonyl (C=O) groups is 1. The Morgan fingerprint density at radius 1 is 1.47 bits per heavy atom. The highest BCUT2D eigenvalue weighted by molar-refractivity contribution is 6.33. The largest absolute Gasteiger partial charge is 0.306 e. The maximum Gasteiger partial charge on any atom is 0.153 e. The van der Waals surface area contributed by atoms with Crippen molar-refractivity contribution in [3.05, 3.63) is 47.3 Å². The number of aromatic nitrogens is 2. The smallest absolute Gasteiger partial charge is 0.153 e. The number of hydrogen-bond donors (Lipinski definition) is 0. The van der Waals surface area contributed by atoms with Crippen LogP contribution in [-0.4, -0.2) is 15.8 Å². The summed E-state index contributed by atoms with van der Waals surface area (Å²) in [6, 6.07) is 2.69. The molecule has 0 bridgehead atoms. The Morgan fingerprint density at radius 3 is 2.87 bits per heavy atom. The van der Waals surface area contributed by atoms with Gasteiger partial charge in [0.1, 0.15) is 5.82 Å². The highest BCUT2D eigenvalue weighted by Crippen LogP contribution is 2.24. The van der Waals surface area contributed by atoms with Crippen LogP contribution in [0.2, 0.25) is 5.02 Å². The zero-order valence-corrected chi connectivity index (χ0v) is 8.28. The van der Waals surface area contributed by atoms with E-state index in [-0.39, 0.29) is 10.6 Å². The molecule has 0 N–H and O–H groups in total. The molecule has 0 atom stereocenters. The summed E-state index contributed by atoms with van der Waals surface area (Å²) in [5.41, 5.74) is 0.628. The molecule has 0 unspecified atom stereocenters. The Hall–Kier alpha value is -1.68. The van der Waals surface area contributed by atoms with Crippen LogP contribution in [0, 0.1) is 5.82 Å². The van der Waals surface area contributed by atoms with Crippen molar-refractivity contribution in [1.82, 2.24) is 9.55 Å². The van der Waals surface area contributed by atoms with E-state index in [0.717, 1.165) is 0 Å². The summed E-state index contributed by atoms with van der Waals surface area (Å²) in [4.78, 5) is 14.6. The van der Waals surface area contributed by atoms with E-state index in [1.165, 1.54) is 18.5 Å². The number of hydrogen-bond acceptors (Lipinski definition) is 2. The summed E-state index contributed by atoms with van der Waals surface area (Å²) in [6.45, 7) is 0.